The van der Waals surface area contributed by atoms with Crippen LogP contribution < -0.4 is 0 Å². The number of hydrogen-bond donors (Lipinski definition) is 0. The molecule has 142 valence electrons. The molecule has 0 aliphatic carbocycles. The number of ether oxygens (including phenoxy) is 2. The Kier molecular flexibility index (Phi) is 5.88. The number of nitrogens with zero attached hydrogens (tertiary/aromatic N) is 3. The van der Waals surface area contributed by atoms with Gasteiger partial charge in [0.25, 0.3) is 0 Å². The summed E-state index contributed by atoms with van der Waals surface area (Å²) < 4.78 is 13.6. The molecule has 5 nitrogen and oxygen atoms in total. The first-order valence-electron chi connectivity index (χ1n) is 10.2. The molecule has 1 atom stereocenters. The lowest BCUT2D eigenvalue weighted by molar-refractivity contribution is 0.0232. The van der Waals surface area contributed by atoms with Crippen LogP contribution in [-0.2, 0) is 16.0 Å². The molecule has 0 saturated carbocycles. The first-order chi connectivity index (χ1) is 12.9. The molecule has 3 heterocycles. The Hall–Kier alpha value is -1.43. The second kappa shape index (κ2) is 8.51. The number of rotatable bonds is 6. The first kappa shape index (κ1) is 18.0. The lowest BCUT2D eigenvalue weighted by Crippen LogP contribution is -2.45. The minimum atomic E-state index is 0.514. The molecule has 2 aromatic rings. The first-order valence-corrected chi connectivity index (χ1v) is 10.2. The van der Waals surface area contributed by atoms with Crippen LogP contribution in [-0.4, -0.2) is 60.0 Å². The third-order valence-electron chi connectivity index (χ3n) is 5.87. The van der Waals surface area contributed by atoms with Crippen molar-refractivity contribution >= 4 is 11.0 Å². The van der Waals surface area contributed by atoms with Gasteiger partial charge in [0, 0.05) is 44.9 Å². The summed E-state index contributed by atoms with van der Waals surface area (Å²) in [4.78, 5) is 7.75. The average molecular weight is 357 g/mol. The maximum absolute atomic E-state index is 5.64. The number of piperidine rings is 1. The smallest absolute Gasteiger partial charge is 0.114 e. The van der Waals surface area contributed by atoms with E-state index in [1.165, 1.54) is 43.6 Å². The van der Waals surface area contributed by atoms with Gasteiger partial charge < -0.3 is 14.0 Å². The van der Waals surface area contributed by atoms with Gasteiger partial charge in [0.05, 0.1) is 17.6 Å². The monoisotopic (exact) mass is 357 g/mol. The predicted octanol–water partition coefficient (Wildman–Crippen LogP) is 3.43. The van der Waals surface area contributed by atoms with E-state index in [0.717, 1.165) is 45.0 Å². The molecule has 2 saturated heterocycles. The van der Waals surface area contributed by atoms with Gasteiger partial charge in [-0.15, -0.1) is 0 Å². The summed E-state index contributed by atoms with van der Waals surface area (Å²) in [5.74, 6) is 1.77. The number of imidazole rings is 1. The molecule has 0 spiro atoms. The van der Waals surface area contributed by atoms with Crippen LogP contribution in [0.4, 0.5) is 0 Å². The molecule has 1 aromatic heterocycles. The zero-order valence-corrected chi connectivity index (χ0v) is 15.9. The maximum atomic E-state index is 5.64. The number of benzene rings is 1. The van der Waals surface area contributed by atoms with Crippen LogP contribution in [0.5, 0.6) is 0 Å². The number of aromatic nitrogens is 2. The fraction of sp³-hybridized carbons (Fsp3) is 0.667. The quantitative estimate of drug-likeness (QED) is 0.743. The molecule has 0 radical (unpaired) electrons. The van der Waals surface area contributed by atoms with E-state index in [0.29, 0.717) is 12.0 Å². The molecule has 0 bridgehead atoms. The highest BCUT2D eigenvalue weighted by atomic mass is 16.5. The van der Waals surface area contributed by atoms with Crippen molar-refractivity contribution in [1.29, 1.82) is 0 Å². The van der Waals surface area contributed by atoms with E-state index in [2.05, 4.69) is 40.7 Å². The fourth-order valence-corrected chi connectivity index (χ4v) is 4.54. The van der Waals surface area contributed by atoms with Crippen molar-refractivity contribution in [2.45, 2.75) is 51.1 Å². The fourth-order valence-electron chi connectivity index (χ4n) is 4.54. The molecule has 2 fully saturated rings. The van der Waals surface area contributed by atoms with Crippen molar-refractivity contribution in [3.05, 3.63) is 30.1 Å². The van der Waals surface area contributed by atoms with Crippen molar-refractivity contribution in [3.63, 3.8) is 0 Å². The summed E-state index contributed by atoms with van der Waals surface area (Å²) in [5, 5.41) is 0. The highest BCUT2D eigenvalue weighted by Crippen LogP contribution is 2.31. The number of fused-ring (bicyclic) bond motifs is 1. The second-order valence-electron chi connectivity index (χ2n) is 7.48. The van der Waals surface area contributed by atoms with E-state index in [1.807, 2.05) is 0 Å². The molecular weight excluding hydrogens is 326 g/mol. The minimum absolute atomic E-state index is 0.514. The zero-order valence-electron chi connectivity index (χ0n) is 15.9. The standard InChI is InChI=1S/C21H31N3O2/c1-2-25-15-12-24-20-8-4-3-7-19(20)22-21(24)17-6-5-11-23(16-17)18-9-13-26-14-10-18/h3-4,7-8,17-18H,2,5-6,9-16H2,1H3. The summed E-state index contributed by atoms with van der Waals surface area (Å²) in [5.41, 5.74) is 2.35. The Morgan fingerprint density at radius 1 is 1.19 bits per heavy atom. The van der Waals surface area contributed by atoms with Crippen LogP contribution in [0.2, 0.25) is 0 Å². The molecule has 0 N–H and O–H groups in total. The van der Waals surface area contributed by atoms with E-state index in [1.54, 1.807) is 0 Å². The number of likely N-dealkylation sites (tertiary alicyclic amines) is 1. The van der Waals surface area contributed by atoms with Crippen LogP contribution in [0.1, 0.15) is 44.3 Å². The number of para-hydroxylation sites is 2. The highest BCUT2D eigenvalue weighted by molar-refractivity contribution is 5.76. The van der Waals surface area contributed by atoms with Gasteiger partial charge in [0.2, 0.25) is 0 Å². The van der Waals surface area contributed by atoms with Crippen LogP contribution in [0.25, 0.3) is 11.0 Å². The van der Waals surface area contributed by atoms with Gasteiger partial charge in [-0.1, -0.05) is 12.1 Å². The Morgan fingerprint density at radius 2 is 2.04 bits per heavy atom. The number of hydrogen-bond acceptors (Lipinski definition) is 4. The second-order valence-corrected chi connectivity index (χ2v) is 7.48. The summed E-state index contributed by atoms with van der Waals surface area (Å²) in [6.07, 6.45) is 4.84. The molecule has 26 heavy (non-hydrogen) atoms. The van der Waals surface area contributed by atoms with Gasteiger partial charge in [-0.2, -0.15) is 0 Å². The van der Waals surface area contributed by atoms with Gasteiger partial charge in [0.1, 0.15) is 5.82 Å². The average Bonchev–Trinajstić information content (AvgIpc) is 3.08. The van der Waals surface area contributed by atoms with Crippen molar-refractivity contribution in [3.8, 4) is 0 Å². The van der Waals surface area contributed by atoms with Crippen molar-refractivity contribution < 1.29 is 9.47 Å². The van der Waals surface area contributed by atoms with Gasteiger partial charge in [0.15, 0.2) is 0 Å². The van der Waals surface area contributed by atoms with E-state index in [4.69, 9.17) is 14.5 Å². The van der Waals surface area contributed by atoms with Gasteiger partial charge in [-0.05, 0) is 51.3 Å². The predicted molar refractivity (Wildman–Crippen MR) is 104 cm³/mol. The molecule has 4 rings (SSSR count). The van der Waals surface area contributed by atoms with E-state index >= 15 is 0 Å². The van der Waals surface area contributed by atoms with Gasteiger partial charge in [-0.3, -0.25) is 4.90 Å². The molecular formula is C21H31N3O2. The van der Waals surface area contributed by atoms with Crippen molar-refractivity contribution in [1.82, 2.24) is 14.5 Å². The summed E-state index contributed by atoms with van der Waals surface area (Å²) in [6, 6.07) is 9.21. The minimum Gasteiger partial charge on any atom is -0.381 e. The Labute approximate surface area is 156 Å². The molecule has 0 amide bonds. The van der Waals surface area contributed by atoms with Crippen molar-refractivity contribution in [2.24, 2.45) is 0 Å². The van der Waals surface area contributed by atoms with E-state index in [9.17, 15) is 0 Å². The normalized spacial score (nSPS) is 22.9. The van der Waals surface area contributed by atoms with E-state index in [-0.39, 0.29) is 0 Å². The van der Waals surface area contributed by atoms with Crippen LogP contribution in [0.3, 0.4) is 0 Å². The van der Waals surface area contributed by atoms with Gasteiger partial charge >= 0.3 is 0 Å². The Balaban J connectivity index is 1.57. The van der Waals surface area contributed by atoms with Crippen LogP contribution in [0, 0.1) is 0 Å². The Morgan fingerprint density at radius 3 is 2.88 bits per heavy atom. The lowest BCUT2D eigenvalue weighted by atomic mass is 9.94. The zero-order chi connectivity index (χ0) is 17.8. The van der Waals surface area contributed by atoms with Crippen LogP contribution >= 0.6 is 0 Å². The third kappa shape index (κ3) is 3.80. The summed E-state index contributed by atoms with van der Waals surface area (Å²) in [7, 11) is 0. The highest BCUT2D eigenvalue weighted by Gasteiger charge is 2.30. The molecule has 1 aromatic carbocycles. The van der Waals surface area contributed by atoms with Crippen LogP contribution in [0.15, 0.2) is 24.3 Å². The molecule has 5 heteroatoms. The summed E-state index contributed by atoms with van der Waals surface area (Å²) in [6.45, 7) is 8.64. The lowest BCUT2D eigenvalue weighted by Gasteiger charge is -2.39. The largest absolute Gasteiger partial charge is 0.381 e. The maximum Gasteiger partial charge on any atom is 0.114 e. The SMILES string of the molecule is CCOCCn1c(C2CCCN(C3CCOCC3)C2)nc2ccccc21. The third-order valence-corrected chi connectivity index (χ3v) is 5.87. The molecule has 2 aliphatic rings. The topological polar surface area (TPSA) is 39.5 Å². The summed E-state index contributed by atoms with van der Waals surface area (Å²) >= 11 is 0. The van der Waals surface area contributed by atoms with Gasteiger partial charge in [-0.25, -0.2) is 4.98 Å². The van der Waals surface area contributed by atoms with Crippen molar-refractivity contribution in [2.75, 3.05) is 39.5 Å². The van der Waals surface area contributed by atoms with E-state index < -0.39 is 0 Å². The molecule has 2 aliphatic heterocycles. The molecule has 1 unspecified atom stereocenters. The Bertz CT molecular complexity index is 708.